The number of esters is 1. The molecule has 1 aromatic heterocycles. The van der Waals surface area contributed by atoms with Gasteiger partial charge in [-0.1, -0.05) is 6.07 Å². The quantitative estimate of drug-likeness (QED) is 0.772. The summed E-state index contributed by atoms with van der Waals surface area (Å²) in [5.41, 5.74) is 1.66. The van der Waals surface area contributed by atoms with Gasteiger partial charge in [-0.2, -0.15) is 0 Å². The number of carbonyl (C=O) groups excluding carboxylic acids is 2. The monoisotopic (exact) mass is 382 g/mol. The Balaban J connectivity index is 1.74. The van der Waals surface area contributed by atoms with Crippen molar-refractivity contribution in [1.82, 2.24) is 5.16 Å². The molecular weight excluding hydrogens is 368 g/mol. The summed E-state index contributed by atoms with van der Waals surface area (Å²) >= 11 is 3.35. The molecule has 0 radical (unpaired) electrons. The number of benzene rings is 1. The van der Waals surface area contributed by atoms with Crippen LogP contribution >= 0.6 is 15.9 Å². The second-order valence-corrected chi connectivity index (χ2v) is 5.61. The molecule has 122 valence electrons. The van der Waals surface area contributed by atoms with Crippen LogP contribution < -0.4 is 10.1 Å². The minimum atomic E-state index is -0.677. The van der Waals surface area contributed by atoms with E-state index in [0.717, 1.165) is 10.0 Å². The van der Waals surface area contributed by atoms with Gasteiger partial charge in [0.1, 0.15) is 5.76 Å². The van der Waals surface area contributed by atoms with Gasteiger partial charge in [0.15, 0.2) is 13.2 Å². The molecule has 2 rings (SSSR count). The summed E-state index contributed by atoms with van der Waals surface area (Å²) in [5.74, 6) is -0.368. The lowest BCUT2D eigenvalue weighted by molar-refractivity contribution is -0.149. The number of hydrogen-bond donors (Lipinski definition) is 1. The summed E-state index contributed by atoms with van der Waals surface area (Å²) in [6, 6.07) is 7.03. The zero-order valence-corrected chi connectivity index (χ0v) is 14.2. The van der Waals surface area contributed by atoms with E-state index in [4.69, 9.17) is 14.0 Å². The first-order valence-corrected chi connectivity index (χ1v) is 7.51. The number of halogens is 1. The van der Waals surface area contributed by atoms with Crippen LogP contribution in [0.1, 0.15) is 11.3 Å². The predicted octanol–water partition coefficient (Wildman–Crippen LogP) is 2.61. The summed E-state index contributed by atoms with van der Waals surface area (Å²) in [4.78, 5) is 23.3. The van der Waals surface area contributed by atoms with Gasteiger partial charge in [-0.25, -0.2) is 4.79 Å². The Morgan fingerprint density at radius 1 is 1.26 bits per heavy atom. The standard InChI is InChI=1S/C15H15BrN2O5/c1-9-3-4-12(11(16)5-9)17-13(19)7-22-15(20)8-21-14-6-10(2)23-18-14/h3-6H,7-8H2,1-2H3,(H,17,19). The van der Waals surface area contributed by atoms with E-state index in [1.54, 1.807) is 13.0 Å². The molecule has 7 nitrogen and oxygen atoms in total. The summed E-state index contributed by atoms with van der Waals surface area (Å²) < 4.78 is 15.4. The normalized spacial score (nSPS) is 10.2. The van der Waals surface area contributed by atoms with Crippen LogP contribution in [0.3, 0.4) is 0 Å². The number of aromatic nitrogens is 1. The van der Waals surface area contributed by atoms with E-state index in [0.29, 0.717) is 11.4 Å². The molecule has 0 spiro atoms. The molecule has 0 unspecified atom stereocenters. The van der Waals surface area contributed by atoms with Crippen LogP contribution in [0.5, 0.6) is 5.88 Å². The highest BCUT2D eigenvalue weighted by molar-refractivity contribution is 9.10. The van der Waals surface area contributed by atoms with Gasteiger partial charge in [-0.3, -0.25) is 4.79 Å². The predicted molar refractivity (Wildman–Crippen MR) is 85.2 cm³/mol. The van der Waals surface area contributed by atoms with Crippen molar-refractivity contribution >= 4 is 33.5 Å². The van der Waals surface area contributed by atoms with E-state index in [9.17, 15) is 9.59 Å². The molecule has 0 aliphatic rings. The van der Waals surface area contributed by atoms with E-state index in [1.165, 1.54) is 6.07 Å². The van der Waals surface area contributed by atoms with Crippen LogP contribution in [0.15, 0.2) is 33.3 Å². The third kappa shape index (κ3) is 5.41. The molecule has 0 bridgehead atoms. The van der Waals surface area contributed by atoms with E-state index in [-0.39, 0.29) is 12.5 Å². The molecular formula is C15H15BrN2O5. The summed E-state index contributed by atoms with van der Waals surface area (Å²) in [7, 11) is 0. The number of nitrogens with one attached hydrogen (secondary N) is 1. The molecule has 0 atom stereocenters. The summed E-state index contributed by atoms with van der Waals surface area (Å²) in [6.07, 6.45) is 0. The van der Waals surface area contributed by atoms with Crippen molar-refractivity contribution in [2.45, 2.75) is 13.8 Å². The van der Waals surface area contributed by atoms with Gasteiger partial charge in [0.25, 0.3) is 11.8 Å². The van der Waals surface area contributed by atoms with Crippen LogP contribution in [0.25, 0.3) is 0 Å². The van der Waals surface area contributed by atoms with Crippen molar-refractivity contribution < 1.29 is 23.6 Å². The number of aryl methyl sites for hydroxylation is 2. The van der Waals surface area contributed by atoms with E-state index >= 15 is 0 Å². The third-order valence-electron chi connectivity index (χ3n) is 2.71. The number of ether oxygens (including phenoxy) is 2. The number of hydrogen-bond acceptors (Lipinski definition) is 6. The van der Waals surface area contributed by atoms with Crippen LogP contribution in [0, 0.1) is 13.8 Å². The van der Waals surface area contributed by atoms with Crippen molar-refractivity contribution in [2.24, 2.45) is 0 Å². The lowest BCUT2D eigenvalue weighted by Crippen LogP contribution is -2.23. The zero-order chi connectivity index (χ0) is 16.8. The first-order chi connectivity index (χ1) is 10.9. The fourth-order valence-corrected chi connectivity index (χ4v) is 2.23. The van der Waals surface area contributed by atoms with Crippen LogP contribution in [0.2, 0.25) is 0 Å². The molecule has 23 heavy (non-hydrogen) atoms. The van der Waals surface area contributed by atoms with Crippen molar-refractivity contribution in [1.29, 1.82) is 0 Å². The van der Waals surface area contributed by atoms with Crippen LogP contribution in [0.4, 0.5) is 5.69 Å². The van der Waals surface area contributed by atoms with Gasteiger partial charge >= 0.3 is 5.97 Å². The average molecular weight is 383 g/mol. The lowest BCUT2D eigenvalue weighted by atomic mass is 10.2. The smallest absolute Gasteiger partial charge is 0.344 e. The van der Waals surface area contributed by atoms with Gasteiger partial charge in [0.2, 0.25) is 0 Å². The number of rotatable bonds is 6. The molecule has 0 saturated heterocycles. The summed E-state index contributed by atoms with van der Waals surface area (Å²) in [6.45, 7) is 2.88. The van der Waals surface area contributed by atoms with Gasteiger partial charge in [0.05, 0.1) is 5.69 Å². The Bertz CT molecular complexity index is 714. The first kappa shape index (κ1) is 17.0. The number of nitrogens with zero attached hydrogens (tertiary/aromatic N) is 1. The van der Waals surface area contributed by atoms with Gasteiger partial charge in [-0.05, 0) is 52.6 Å². The Hall–Kier alpha value is -2.35. The molecule has 0 aliphatic carbocycles. The minimum Gasteiger partial charge on any atom is -0.463 e. The van der Waals surface area contributed by atoms with Crippen molar-refractivity contribution in [3.63, 3.8) is 0 Å². The van der Waals surface area contributed by atoms with Gasteiger partial charge in [-0.15, -0.1) is 0 Å². The fraction of sp³-hybridized carbons (Fsp3) is 0.267. The molecule has 1 N–H and O–H groups in total. The number of carbonyl (C=O) groups is 2. The van der Waals surface area contributed by atoms with E-state index in [1.807, 2.05) is 19.1 Å². The van der Waals surface area contributed by atoms with E-state index in [2.05, 4.69) is 26.4 Å². The van der Waals surface area contributed by atoms with Crippen molar-refractivity contribution in [3.8, 4) is 5.88 Å². The molecule has 0 saturated carbocycles. The summed E-state index contributed by atoms with van der Waals surface area (Å²) in [5, 5.41) is 6.20. The Morgan fingerprint density at radius 3 is 2.70 bits per heavy atom. The maximum atomic E-state index is 11.8. The Labute approximate surface area is 141 Å². The van der Waals surface area contributed by atoms with Crippen molar-refractivity contribution in [3.05, 3.63) is 40.1 Å². The van der Waals surface area contributed by atoms with Gasteiger partial charge < -0.3 is 19.3 Å². The van der Waals surface area contributed by atoms with Crippen molar-refractivity contribution in [2.75, 3.05) is 18.5 Å². The second kappa shape index (κ2) is 7.77. The highest BCUT2D eigenvalue weighted by Crippen LogP contribution is 2.23. The molecule has 1 heterocycles. The molecule has 0 aliphatic heterocycles. The largest absolute Gasteiger partial charge is 0.463 e. The number of anilines is 1. The molecule has 1 aromatic carbocycles. The maximum absolute atomic E-state index is 11.8. The first-order valence-electron chi connectivity index (χ1n) is 6.72. The molecule has 2 aromatic rings. The average Bonchev–Trinajstić information content (AvgIpc) is 2.91. The highest BCUT2D eigenvalue weighted by Gasteiger charge is 2.11. The van der Waals surface area contributed by atoms with E-state index < -0.39 is 18.5 Å². The SMILES string of the molecule is Cc1ccc(NC(=O)COC(=O)COc2cc(C)on2)c(Br)c1. The van der Waals surface area contributed by atoms with Crippen LogP contribution in [-0.4, -0.2) is 30.2 Å². The van der Waals surface area contributed by atoms with Crippen LogP contribution in [-0.2, 0) is 14.3 Å². The molecule has 8 heteroatoms. The maximum Gasteiger partial charge on any atom is 0.344 e. The zero-order valence-electron chi connectivity index (χ0n) is 12.6. The fourth-order valence-electron chi connectivity index (χ4n) is 1.64. The third-order valence-corrected chi connectivity index (χ3v) is 3.36. The highest BCUT2D eigenvalue weighted by atomic mass is 79.9. The lowest BCUT2D eigenvalue weighted by Gasteiger charge is -2.08. The number of amides is 1. The molecule has 1 amide bonds. The molecule has 0 fully saturated rings. The second-order valence-electron chi connectivity index (χ2n) is 4.76. The Kier molecular flexibility index (Phi) is 5.75. The minimum absolute atomic E-state index is 0.187. The Morgan fingerprint density at radius 2 is 2.04 bits per heavy atom. The van der Waals surface area contributed by atoms with Gasteiger partial charge in [0, 0.05) is 10.5 Å². The topological polar surface area (TPSA) is 90.7 Å².